The summed E-state index contributed by atoms with van der Waals surface area (Å²) in [4.78, 5) is 18.7. The van der Waals surface area contributed by atoms with Crippen molar-refractivity contribution in [3.63, 3.8) is 0 Å². The average Bonchev–Trinajstić information content (AvgIpc) is 3.20. The Morgan fingerprint density at radius 2 is 2.25 bits per heavy atom. The molecule has 1 N–H and O–H groups in total. The Hall–Kier alpha value is -2.41. The summed E-state index contributed by atoms with van der Waals surface area (Å²) in [5, 5.41) is 13.9. The standard InChI is InChI=1S/C17H22N4O3/c1-20-8-12(7-18-20)15-10-21(9-13(15)11-22)17(23)6-14-4-3-5-16(19-14)24-2/h3-5,7-8,13,15,22H,6,9-11H2,1-2H3/t13-,15-/m0/s1. The summed E-state index contributed by atoms with van der Waals surface area (Å²) in [6.07, 6.45) is 3.99. The van der Waals surface area contributed by atoms with E-state index in [4.69, 9.17) is 4.74 Å². The number of carbonyl (C=O) groups is 1. The summed E-state index contributed by atoms with van der Waals surface area (Å²) in [5.74, 6) is 0.672. The van der Waals surface area contributed by atoms with E-state index in [9.17, 15) is 9.90 Å². The molecule has 3 heterocycles. The van der Waals surface area contributed by atoms with Crippen molar-refractivity contribution < 1.29 is 14.6 Å². The van der Waals surface area contributed by atoms with Crippen LogP contribution in [0.3, 0.4) is 0 Å². The molecule has 1 aliphatic heterocycles. The van der Waals surface area contributed by atoms with Crippen molar-refractivity contribution in [3.05, 3.63) is 41.9 Å². The fourth-order valence-electron chi connectivity index (χ4n) is 3.21. The number of likely N-dealkylation sites (tertiary alicyclic amines) is 1. The monoisotopic (exact) mass is 330 g/mol. The summed E-state index contributed by atoms with van der Waals surface area (Å²) in [6.45, 7) is 1.21. The van der Waals surface area contributed by atoms with E-state index in [1.54, 1.807) is 22.8 Å². The van der Waals surface area contributed by atoms with E-state index < -0.39 is 0 Å². The first-order valence-electron chi connectivity index (χ1n) is 7.97. The lowest BCUT2D eigenvalue weighted by atomic mass is 9.92. The number of aromatic nitrogens is 3. The van der Waals surface area contributed by atoms with Crippen LogP contribution >= 0.6 is 0 Å². The van der Waals surface area contributed by atoms with Gasteiger partial charge in [0.25, 0.3) is 0 Å². The molecule has 1 saturated heterocycles. The van der Waals surface area contributed by atoms with Crippen molar-refractivity contribution in [2.24, 2.45) is 13.0 Å². The summed E-state index contributed by atoms with van der Waals surface area (Å²) in [5.41, 5.74) is 1.75. The van der Waals surface area contributed by atoms with Gasteiger partial charge in [-0.25, -0.2) is 4.98 Å². The zero-order valence-electron chi connectivity index (χ0n) is 13.9. The average molecular weight is 330 g/mol. The first kappa shape index (κ1) is 16.4. The van der Waals surface area contributed by atoms with Gasteiger partial charge in [0.15, 0.2) is 0 Å². The SMILES string of the molecule is COc1cccc(CC(=O)N2C[C@@H](CO)[C@H](c3cnn(C)c3)C2)n1. The molecule has 3 rings (SSSR count). The first-order chi connectivity index (χ1) is 11.6. The van der Waals surface area contributed by atoms with E-state index in [-0.39, 0.29) is 30.8 Å². The van der Waals surface area contributed by atoms with Crippen molar-refractivity contribution in [1.82, 2.24) is 19.7 Å². The molecule has 7 heteroatoms. The Balaban J connectivity index is 1.69. The molecular formula is C17H22N4O3. The molecule has 0 aromatic carbocycles. The second-order valence-electron chi connectivity index (χ2n) is 6.14. The van der Waals surface area contributed by atoms with Crippen LogP contribution in [-0.4, -0.2) is 57.5 Å². The highest BCUT2D eigenvalue weighted by molar-refractivity contribution is 5.78. The number of ether oxygens (including phenoxy) is 1. The third-order valence-corrected chi connectivity index (χ3v) is 4.50. The normalized spacial score (nSPS) is 20.4. The predicted octanol–water partition coefficient (Wildman–Crippen LogP) is 0.601. The highest BCUT2D eigenvalue weighted by Crippen LogP contribution is 2.32. The van der Waals surface area contributed by atoms with Crippen molar-refractivity contribution >= 4 is 5.91 Å². The lowest BCUT2D eigenvalue weighted by Gasteiger charge is -2.16. The van der Waals surface area contributed by atoms with Gasteiger partial charge >= 0.3 is 0 Å². The smallest absolute Gasteiger partial charge is 0.228 e. The largest absolute Gasteiger partial charge is 0.481 e. The van der Waals surface area contributed by atoms with Gasteiger partial charge < -0.3 is 14.7 Å². The summed E-state index contributed by atoms with van der Waals surface area (Å²) < 4.78 is 6.84. The molecule has 0 saturated carbocycles. The number of nitrogens with zero attached hydrogens (tertiary/aromatic N) is 4. The lowest BCUT2D eigenvalue weighted by molar-refractivity contribution is -0.129. The third kappa shape index (κ3) is 3.41. The lowest BCUT2D eigenvalue weighted by Crippen LogP contribution is -2.30. The second-order valence-corrected chi connectivity index (χ2v) is 6.14. The molecule has 0 aliphatic carbocycles. The van der Waals surface area contributed by atoms with Gasteiger partial charge in [-0.1, -0.05) is 6.07 Å². The summed E-state index contributed by atoms with van der Waals surface area (Å²) in [7, 11) is 3.42. The molecule has 128 valence electrons. The third-order valence-electron chi connectivity index (χ3n) is 4.50. The Labute approximate surface area is 140 Å². The van der Waals surface area contributed by atoms with Gasteiger partial charge in [-0.05, 0) is 11.6 Å². The number of amides is 1. The van der Waals surface area contributed by atoms with Gasteiger partial charge in [0.1, 0.15) is 0 Å². The maximum Gasteiger partial charge on any atom is 0.228 e. The van der Waals surface area contributed by atoms with Crippen molar-refractivity contribution in [3.8, 4) is 5.88 Å². The number of pyridine rings is 1. The highest BCUT2D eigenvalue weighted by Gasteiger charge is 2.36. The van der Waals surface area contributed by atoms with Crippen LogP contribution in [0.5, 0.6) is 5.88 Å². The van der Waals surface area contributed by atoms with Gasteiger partial charge in [-0.15, -0.1) is 0 Å². The molecule has 24 heavy (non-hydrogen) atoms. The summed E-state index contributed by atoms with van der Waals surface area (Å²) in [6, 6.07) is 5.40. The molecule has 7 nitrogen and oxygen atoms in total. The molecule has 2 aromatic heterocycles. The van der Waals surface area contributed by atoms with E-state index in [0.29, 0.717) is 24.7 Å². The van der Waals surface area contributed by atoms with Crippen LogP contribution in [0.1, 0.15) is 17.2 Å². The number of aliphatic hydroxyl groups is 1. The molecule has 1 aliphatic rings. The van der Waals surface area contributed by atoms with Crippen LogP contribution in [0.4, 0.5) is 0 Å². The van der Waals surface area contributed by atoms with E-state index in [0.717, 1.165) is 5.56 Å². The van der Waals surface area contributed by atoms with Gasteiger partial charge in [-0.2, -0.15) is 5.10 Å². The molecule has 2 atom stereocenters. The molecule has 0 radical (unpaired) electrons. The fraction of sp³-hybridized carbons (Fsp3) is 0.471. The molecular weight excluding hydrogens is 308 g/mol. The topological polar surface area (TPSA) is 80.5 Å². The molecule has 0 bridgehead atoms. The highest BCUT2D eigenvalue weighted by atomic mass is 16.5. The molecule has 0 unspecified atom stereocenters. The van der Waals surface area contributed by atoms with E-state index in [2.05, 4.69) is 10.1 Å². The molecule has 0 spiro atoms. The molecule has 1 fully saturated rings. The fourth-order valence-corrected chi connectivity index (χ4v) is 3.21. The van der Waals surface area contributed by atoms with Crippen LogP contribution in [0, 0.1) is 5.92 Å². The van der Waals surface area contributed by atoms with Crippen molar-refractivity contribution in [2.75, 3.05) is 26.8 Å². The number of hydrogen-bond acceptors (Lipinski definition) is 5. The van der Waals surface area contributed by atoms with Crippen LogP contribution in [0.15, 0.2) is 30.6 Å². The zero-order chi connectivity index (χ0) is 17.1. The van der Waals surface area contributed by atoms with Crippen LogP contribution in [0.2, 0.25) is 0 Å². The Morgan fingerprint density at radius 3 is 2.92 bits per heavy atom. The van der Waals surface area contributed by atoms with Gasteiger partial charge in [0.05, 0.1) is 25.4 Å². The number of aryl methyl sites for hydroxylation is 1. The number of hydrogen-bond donors (Lipinski definition) is 1. The minimum atomic E-state index is 0.0144. The quantitative estimate of drug-likeness (QED) is 0.868. The van der Waals surface area contributed by atoms with Gasteiger partial charge in [0.2, 0.25) is 11.8 Å². The maximum atomic E-state index is 12.6. The zero-order valence-corrected chi connectivity index (χ0v) is 13.9. The first-order valence-corrected chi connectivity index (χ1v) is 7.97. The number of methoxy groups -OCH3 is 1. The minimum Gasteiger partial charge on any atom is -0.481 e. The van der Waals surface area contributed by atoms with E-state index in [1.807, 2.05) is 31.6 Å². The van der Waals surface area contributed by atoms with Gasteiger partial charge in [-0.3, -0.25) is 9.48 Å². The van der Waals surface area contributed by atoms with Gasteiger partial charge in [0, 0.05) is 50.8 Å². The van der Waals surface area contributed by atoms with Crippen molar-refractivity contribution in [2.45, 2.75) is 12.3 Å². The second kappa shape index (κ2) is 7.00. The Kier molecular flexibility index (Phi) is 4.80. The van der Waals surface area contributed by atoms with E-state index in [1.165, 1.54) is 0 Å². The Bertz CT molecular complexity index is 715. The van der Waals surface area contributed by atoms with Crippen LogP contribution < -0.4 is 4.74 Å². The number of rotatable bonds is 5. The summed E-state index contributed by atoms with van der Waals surface area (Å²) >= 11 is 0. The van der Waals surface area contributed by atoms with Crippen molar-refractivity contribution in [1.29, 1.82) is 0 Å². The number of aliphatic hydroxyl groups excluding tert-OH is 1. The molecule has 1 amide bonds. The Morgan fingerprint density at radius 1 is 1.42 bits per heavy atom. The maximum absolute atomic E-state index is 12.6. The molecule has 2 aromatic rings. The van der Waals surface area contributed by atoms with E-state index >= 15 is 0 Å². The number of carbonyl (C=O) groups excluding carboxylic acids is 1. The minimum absolute atomic E-state index is 0.0144. The van der Waals surface area contributed by atoms with Crippen LogP contribution in [-0.2, 0) is 18.3 Å². The predicted molar refractivity (Wildman–Crippen MR) is 87.6 cm³/mol. The van der Waals surface area contributed by atoms with Crippen LogP contribution in [0.25, 0.3) is 0 Å².